The van der Waals surface area contributed by atoms with Gasteiger partial charge in [-0.1, -0.05) is 0 Å². The molecule has 2 N–H and O–H groups in total. The van der Waals surface area contributed by atoms with Crippen molar-refractivity contribution in [2.75, 3.05) is 18.8 Å². The summed E-state index contributed by atoms with van der Waals surface area (Å²) in [4.78, 5) is 14.3. The lowest BCUT2D eigenvalue weighted by molar-refractivity contribution is -0.131. The molecule has 0 bridgehead atoms. The second-order valence-corrected chi connectivity index (χ2v) is 6.78. The molecule has 2 unspecified atom stereocenters. The van der Waals surface area contributed by atoms with Crippen LogP contribution in [-0.4, -0.2) is 33.4 Å². The molecular formula is C14H19FN2O2S. The van der Waals surface area contributed by atoms with Crippen LogP contribution in [-0.2, 0) is 15.6 Å². The molecule has 1 heterocycles. The summed E-state index contributed by atoms with van der Waals surface area (Å²) in [6, 6.07) is 4.03. The minimum absolute atomic E-state index is 0.0146. The molecule has 20 heavy (non-hydrogen) atoms. The minimum atomic E-state index is -1.57. The van der Waals surface area contributed by atoms with E-state index >= 15 is 0 Å². The predicted octanol–water partition coefficient (Wildman–Crippen LogP) is 1.92. The van der Waals surface area contributed by atoms with Gasteiger partial charge in [0, 0.05) is 18.0 Å². The quantitative estimate of drug-likeness (QED) is 0.867. The molecule has 0 radical (unpaired) electrons. The molecule has 0 saturated carbocycles. The Morgan fingerprint density at radius 3 is 2.60 bits per heavy atom. The number of halogens is 1. The molecule has 4 nitrogen and oxygen atoms in total. The highest BCUT2D eigenvalue weighted by molar-refractivity contribution is 7.86. The van der Waals surface area contributed by atoms with Crippen molar-refractivity contribution in [2.45, 2.75) is 36.3 Å². The van der Waals surface area contributed by atoms with Gasteiger partial charge in [0.05, 0.1) is 16.5 Å². The Kier molecular flexibility index (Phi) is 4.75. The molecule has 2 rings (SSSR count). The first-order chi connectivity index (χ1) is 9.50. The molecule has 2 atom stereocenters. The molecule has 6 heteroatoms. The maximum atomic E-state index is 13.4. The maximum Gasteiger partial charge on any atom is 0.238 e. The van der Waals surface area contributed by atoms with Crippen molar-refractivity contribution in [2.24, 2.45) is 0 Å². The number of nitrogen functional groups attached to an aromatic ring is 1. The Morgan fingerprint density at radius 2 is 2.00 bits per heavy atom. The zero-order valence-electron chi connectivity index (χ0n) is 11.5. The number of amides is 1. The second kappa shape index (κ2) is 6.35. The van der Waals surface area contributed by atoms with Crippen LogP contribution in [0.15, 0.2) is 23.1 Å². The highest BCUT2D eigenvalue weighted by Crippen LogP contribution is 2.19. The smallest absolute Gasteiger partial charge is 0.238 e. The van der Waals surface area contributed by atoms with Crippen LogP contribution in [0.2, 0.25) is 0 Å². The van der Waals surface area contributed by atoms with Crippen LogP contribution in [0.5, 0.6) is 0 Å². The minimum Gasteiger partial charge on any atom is -0.396 e. The van der Waals surface area contributed by atoms with Crippen molar-refractivity contribution in [3.63, 3.8) is 0 Å². The van der Waals surface area contributed by atoms with E-state index in [0.717, 1.165) is 38.4 Å². The second-order valence-electron chi connectivity index (χ2n) is 5.01. The molecule has 1 saturated heterocycles. The van der Waals surface area contributed by atoms with E-state index in [1.165, 1.54) is 12.1 Å². The lowest BCUT2D eigenvalue weighted by atomic mass is 10.1. The van der Waals surface area contributed by atoms with Crippen LogP contribution in [0.3, 0.4) is 0 Å². The third kappa shape index (κ3) is 3.17. The molecule has 0 aromatic heterocycles. The number of anilines is 1. The van der Waals surface area contributed by atoms with E-state index in [4.69, 9.17) is 5.73 Å². The predicted molar refractivity (Wildman–Crippen MR) is 77.1 cm³/mol. The number of carbonyl (C=O) groups is 1. The Balaban J connectivity index is 2.10. The average molecular weight is 298 g/mol. The third-order valence-electron chi connectivity index (χ3n) is 3.54. The lowest BCUT2D eigenvalue weighted by Crippen LogP contribution is -2.42. The highest BCUT2D eigenvalue weighted by Gasteiger charge is 2.27. The monoisotopic (exact) mass is 298 g/mol. The van der Waals surface area contributed by atoms with E-state index in [1.807, 2.05) is 0 Å². The molecule has 110 valence electrons. The molecule has 1 aliphatic rings. The van der Waals surface area contributed by atoms with Gasteiger partial charge < -0.3 is 10.6 Å². The number of piperidine rings is 1. The molecule has 0 spiro atoms. The fourth-order valence-corrected chi connectivity index (χ4v) is 3.46. The van der Waals surface area contributed by atoms with E-state index in [1.54, 1.807) is 11.8 Å². The summed E-state index contributed by atoms with van der Waals surface area (Å²) in [6.07, 6.45) is 3.10. The number of carbonyl (C=O) groups excluding carboxylic acids is 1. The average Bonchev–Trinajstić information content (AvgIpc) is 2.48. The normalized spacial score (nSPS) is 18.6. The van der Waals surface area contributed by atoms with Gasteiger partial charge in [0.2, 0.25) is 5.91 Å². The molecule has 0 aliphatic carbocycles. The standard InChI is InChI=1S/C14H19FN2O2S/c1-10(14(18)17-7-3-2-4-8-17)20(19)11-5-6-13(16)12(15)9-11/h5-6,9-10H,2-4,7-8,16H2,1H3. The highest BCUT2D eigenvalue weighted by atomic mass is 32.2. The molecule has 1 fully saturated rings. The number of rotatable bonds is 3. The van der Waals surface area contributed by atoms with Gasteiger partial charge in [0.25, 0.3) is 0 Å². The lowest BCUT2D eigenvalue weighted by Gasteiger charge is -2.28. The topological polar surface area (TPSA) is 63.4 Å². The third-order valence-corrected chi connectivity index (χ3v) is 5.10. The summed E-state index contributed by atoms with van der Waals surface area (Å²) < 4.78 is 25.8. The summed E-state index contributed by atoms with van der Waals surface area (Å²) in [6.45, 7) is 3.06. The summed E-state index contributed by atoms with van der Waals surface area (Å²) in [7, 11) is -1.57. The van der Waals surface area contributed by atoms with Gasteiger partial charge in [0.15, 0.2) is 0 Å². The van der Waals surface area contributed by atoms with Gasteiger partial charge in [0.1, 0.15) is 11.1 Å². The summed E-state index contributed by atoms with van der Waals surface area (Å²) in [5.74, 6) is -0.728. The van der Waals surface area contributed by atoms with Gasteiger partial charge in [-0.25, -0.2) is 4.39 Å². The molecule has 1 aromatic carbocycles. The zero-order valence-corrected chi connectivity index (χ0v) is 12.3. The Morgan fingerprint density at radius 1 is 1.35 bits per heavy atom. The molecular weight excluding hydrogens is 279 g/mol. The molecule has 1 aliphatic heterocycles. The van der Waals surface area contributed by atoms with Crippen molar-refractivity contribution < 1.29 is 13.4 Å². The number of nitrogens with two attached hydrogens (primary N) is 1. The Bertz CT molecular complexity index is 530. The summed E-state index contributed by atoms with van der Waals surface area (Å²) >= 11 is 0. The van der Waals surface area contributed by atoms with Gasteiger partial charge in [-0.3, -0.25) is 9.00 Å². The summed E-state index contributed by atoms with van der Waals surface area (Å²) in [5.41, 5.74) is 5.41. The zero-order chi connectivity index (χ0) is 14.7. The van der Waals surface area contributed by atoms with Crippen LogP contribution in [0.4, 0.5) is 10.1 Å². The first-order valence-electron chi connectivity index (χ1n) is 6.75. The number of benzene rings is 1. The van der Waals surface area contributed by atoms with Crippen molar-refractivity contribution in [3.8, 4) is 0 Å². The first-order valence-corrected chi connectivity index (χ1v) is 7.96. The van der Waals surface area contributed by atoms with Gasteiger partial charge in [-0.15, -0.1) is 0 Å². The van der Waals surface area contributed by atoms with Crippen LogP contribution in [0.1, 0.15) is 26.2 Å². The molecule has 1 amide bonds. The van der Waals surface area contributed by atoms with E-state index in [-0.39, 0.29) is 11.6 Å². The largest absolute Gasteiger partial charge is 0.396 e. The summed E-state index contributed by atoms with van der Waals surface area (Å²) in [5, 5.41) is -0.670. The Hall–Kier alpha value is -1.43. The maximum absolute atomic E-state index is 13.4. The Labute approximate surface area is 120 Å². The van der Waals surface area contributed by atoms with Crippen molar-refractivity contribution in [3.05, 3.63) is 24.0 Å². The van der Waals surface area contributed by atoms with Crippen LogP contribution >= 0.6 is 0 Å². The number of hydrogen-bond donors (Lipinski definition) is 1. The number of nitrogens with zero attached hydrogens (tertiary/aromatic N) is 1. The SMILES string of the molecule is CC(C(=O)N1CCCCC1)S(=O)c1ccc(N)c(F)c1. The van der Waals surface area contributed by atoms with E-state index in [9.17, 15) is 13.4 Å². The van der Waals surface area contributed by atoms with E-state index in [0.29, 0.717) is 4.90 Å². The first kappa shape index (κ1) is 15.0. The van der Waals surface area contributed by atoms with E-state index < -0.39 is 21.9 Å². The number of hydrogen-bond acceptors (Lipinski definition) is 3. The number of likely N-dealkylation sites (tertiary alicyclic amines) is 1. The van der Waals surface area contributed by atoms with Gasteiger partial charge in [-0.05, 0) is 44.4 Å². The molecule has 1 aromatic rings. The fourth-order valence-electron chi connectivity index (χ4n) is 2.30. The van der Waals surface area contributed by atoms with Crippen molar-refractivity contribution in [1.82, 2.24) is 4.90 Å². The van der Waals surface area contributed by atoms with Crippen molar-refractivity contribution >= 4 is 22.4 Å². The van der Waals surface area contributed by atoms with E-state index in [2.05, 4.69) is 0 Å². The van der Waals surface area contributed by atoms with Crippen LogP contribution in [0.25, 0.3) is 0 Å². The van der Waals surface area contributed by atoms with Gasteiger partial charge in [-0.2, -0.15) is 0 Å². The van der Waals surface area contributed by atoms with Crippen LogP contribution < -0.4 is 5.73 Å². The van der Waals surface area contributed by atoms with Crippen molar-refractivity contribution in [1.29, 1.82) is 0 Å². The van der Waals surface area contributed by atoms with Gasteiger partial charge >= 0.3 is 0 Å². The van der Waals surface area contributed by atoms with Crippen LogP contribution in [0, 0.1) is 5.82 Å². The fraction of sp³-hybridized carbons (Fsp3) is 0.500.